The number of carbonyl (C=O) groups excluding carboxylic acids is 1. The van der Waals surface area contributed by atoms with Crippen molar-refractivity contribution in [2.24, 2.45) is 0 Å². The number of aliphatic hydroxyl groups is 3. The summed E-state index contributed by atoms with van der Waals surface area (Å²) in [7, 11) is 3.26. The van der Waals surface area contributed by atoms with Crippen molar-refractivity contribution in [2.45, 2.75) is 80.5 Å². The molecule has 2 saturated heterocycles. The zero-order valence-corrected chi connectivity index (χ0v) is 18.8. The molecule has 10 nitrogen and oxygen atoms in total. The number of aliphatic hydroxyl groups excluding tert-OH is 2. The van der Waals surface area contributed by atoms with Crippen LogP contribution in [0.4, 0.5) is 4.39 Å². The van der Waals surface area contributed by atoms with Crippen molar-refractivity contribution in [3.63, 3.8) is 0 Å². The summed E-state index contributed by atoms with van der Waals surface area (Å²) < 4.78 is 31.0. The average Bonchev–Trinajstić information content (AvgIpc) is 2.76. The molecule has 3 aliphatic rings. The van der Waals surface area contributed by atoms with Crippen LogP contribution in [0.3, 0.4) is 0 Å². The summed E-state index contributed by atoms with van der Waals surface area (Å²) in [6.45, 7) is 1.78. The fourth-order valence-electron chi connectivity index (χ4n) is 5.05. The van der Waals surface area contributed by atoms with E-state index in [9.17, 15) is 24.5 Å². The van der Waals surface area contributed by atoms with Crippen molar-refractivity contribution in [2.75, 3.05) is 14.1 Å². The van der Waals surface area contributed by atoms with Gasteiger partial charge < -0.3 is 45.5 Å². The lowest BCUT2D eigenvalue weighted by atomic mass is 9.79. The van der Waals surface area contributed by atoms with E-state index in [1.54, 1.807) is 21.0 Å². The Hall–Kier alpha value is -1.70. The highest BCUT2D eigenvalue weighted by Gasteiger charge is 2.63. The summed E-state index contributed by atoms with van der Waals surface area (Å²) in [5, 5.41) is 41.7. The highest BCUT2D eigenvalue weighted by atomic mass is 19.1. The molecule has 0 aromatic heterocycles. The second-order valence-corrected chi connectivity index (χ2v) is 8.98. The van der Waals surface area contributed by atoms with Crippen LogP contribution in [0.2, 0.25) is 0 Å². The lowest BCUT2D eigenvalue weighted by Gasteiger charge is -2.58. The van der Waals surface area contributed by atoms with Crippen molar-refractivity contribution >= 4 is 5.91 Å². The van der Waals surface area contributed by atoms with Gasteiger partial charge in [0.05, 0.1) is 36.8 Å². The van der Waals surface area contributed by atoms with Gasteiger partial charge in [0.15, 0.2) is 0 Å². The topological polar surface area (TPSA) is 142 Å². The number of halogens is 1. The molecule has 33 heavy (non-hydrogen) atoms. The van der Waals surface area contributed by atoms with Crippen LogP contribution < -0.4 is 16.0 Å². The van der Waals surface area contributed by atoms with Gasteiger partial charge >= 0.3 is 0 Å². The van der Waals surface area contributed by atoms with E-state index in [1.807, 2.05) is 0 Å². The van der Waals surface area contributed by atoms with Gasteiger partial charge in [0.1, 0.15) is 24.1 Å². The Bertz CT molecular complexity index is 846. The van der Waals surface area contributed by atoms with Crippen LogP contribution in [-0.4, -0.2) is 96.0 Å². The molecule has 0 bridgehead atoms. The first-order chi connectivity index (χ1) is 15.7. The van der Waals surface area contributed by atoms with Crippen LogP contribution in [-0.2, 0) is 25.4 Å². The Morgan fingerprint density at radius 1 is 1.09 bits per heavy atom. The fraction of sp³-hybridized carbons (Fsp3) is 0.682. The largest absolute Gasteiger partial charge is 0.390 e. The molecule has 3 unspecified atom stereocenters. The number of amides is 1. The number of fused-ring (bicyclic) bond motifs is 2. The second-order valence-electron chi connectivity index (χ2n) is 8.98. The van der Waals surface area contributed by atoms with E-state index in [0.29, 0.717) is 5.56 Å². The number of hydrogen-bond acceptors (Lipinski definition) is 9. The van der Waals surface area contributed by atoms with E-state index in [-0.39, 0.29) is 24.9 Å². The summed E-state index contributed by atoms with van der Waals surface area (Å²) in [4.78, 5) is 12.7. The summed E-state index contributed by atoms with van der Waals surface area (Å²) in [6.07, 6.45) is -5.38. The molecule has 3 fully saturated rings. The molecule has 2 aliphatic heterocycles. The zero-order valence-electron chi connectivity index (χ0n) is 18.8. The van der Waals surface area contributed by atoms with Gasteiger partial charge in [-0.1, -0.05) is 12.1 Å². The normalized spacial score (nSPS) is 42.8. The number of rotatable bonds is 5. The third kappa shape index (κ3) is 4.52. The minimum absolute atomic E-state index is 0.0138. The Kier molecular flexibility index (Phi) is 7.04. The fourth-order valence-corrected chi connectivity index (χ4v) is 5.05. The van der Waals surface area contributed by atoms with E-state index < -0.39 is 60.4 Å². The van der Waals surface area contributed by atoms with Crippen molar-refractivity contribution < 1.29 is 38.7 Å². The highest BCUT2D eigenvalue weighted by Crippen LogP contribution is 2.41. The first-order valence-electron chi connectivity index (χ1n) is 11.1. The number of benzene rings is 1. The van der Waals surface area contributed by atoms with Crippen molar-refractivity contribution in [3.8, 4) is 0 Å². The first kappa shape index (κ1) is 24.4. The third-order valence-corrected chi connectivity index (χ3v) is 6.76. The molecule has 1 saturated carbocycles. The predicted octanol–water partition coefficient (Wildman–Crippen LogP) is -1.63. The summed E-state index contributed by atoms with van der Waals surface area (Å²) in [6, 6.07) is 3.35. The summed E-state index contributed by atoms with van der Waals surface area (Å²) in [5.41, 5.74) is 0.616. The average molecular weight is 470 g/mol. The Balaban J connectivity index is 1.55. The smallest absolute Gasteiger partial charge is 0.239 e. The maximum absolute atomic E-state index is 13.2. The van der Waals surface area contributed by atoms with E-state index in [2.05, 4.69) is 16.0 Å². The van der Waals surface area contributed by atoms with Gasteiger partial charge in [-0.3, -0.25) is 4.79 Å². The van der Waals surface area contributed by atoms with E-state index in [4.69, 9.17) is 14.2 Å². The molecule has 0 spiro atoms. The van der Waals surface area contributed by atoms with Crippen LogP contribution in [0.5, 0.6) is 0 Å². The monoisotopic (exact) mass is 469 g/mol. The lowest BCUT2D eigenvalue weighted by Crippen LogP contribution is -2.79. The van der Waals surface area contributed by atoms with Gasteiger partial charge in [-0.05, 0) is 45.1 Å². The Morgan fingerprint density at radius 2 is 1.76 bits per heavy atom. The van der Waals surface area contributed by atoms with Gasteiger partial charge in [-0.2, -0.15) is 0 Å². The minimum atomic E-state index is -2.05. The zero-order chi connectivity index (χ0) is 23.9. The number of ether oxygens (including phenoxy) is 3. The molecule has 6 N–H and O–H groups in total. The maximum atomic E-state index is 13.2. The van der Waals surface area contributed by atoms with Crippen LogP contribution in [0.15, 0.2) is 24.3 Å². The SMILES string of the molecule is CN[C@@H]1[C@H](O)[C@H](NC)C2O[C@]3(O)C(OC2[C@H]1O)O[C@H](C)C[C@H]3NC(=O)Cc1ccc(F)cc1. The van der Waals surface area contributed by atoms with Gasteiger partial charge in [0, 0.05) is 0 Å². The third-order valence-electron chi connectivity index (χ3n) is 6.76. The molecule has 10 atom stereocenters. The number of hydrogen-bond donors (Lipinski definition) is 6. The van der Waals surface area contributed by atoms with Gasteiger partial charge in [0.25, 0.3) is 0 Å². The van der Waals surface area contributed by atoms with Crippen molar-refractivity contribution in [3.05, 3.63) is 35.6 Å². The van der Waals surface area contributed by atoms with Crippen LogP contribution in [0.25, 0.3) is 0 Å². The lowest BCUT2D eigenvalue weighted by molar-refractivity contribution is -0.449. The van der Waals surface area contributed by atoms with Gasteiger partial charge in [0.2, 0.25) is 18.0 Å². The molecule has 4 rings (SSSR count). The summed E-state index contributed by atoms with van der Waals surface area (Å²) in [5.74, 6) is -2.83. The number of likely N-dealkylation sites (N-methyl/N-ethyl adjacent to an activating group) is 2. The minimum Gasteiger partial charge on any atom is -0.390 e. The van der Waals surface area contributed by atoms with Crippen LogP contribution in [0, 0.1) is 5.82 Å². The molecule has 2 heterocycles. The van der Waals surface area contributed by atoms with Crippen molar-refractivity contribution in [1.82, 2.24) is 16.0 Å². The maximum Gasteiger partial charge on any atom is 0.239 e. The Labute approximate surface area is 191 Å². The molecule has 1 aromatic rings. The van der Waals surface area contributed by atoms with E-state index in [1.165, 1.54) is 24.3 Å². The molecule has 1 aromatic carbocycles. The molecule has 1 aliphatic carbocycles. The van der Waals surface area contributed by atoms with Crippen molar-refractivity contribution in [1.29, 1.82) is 0 Å². The molecular weight excluding hydrogens is 437 g/mol. The van der Waals surface area contributed by atoms with Gasteiger partial charge in [-0.15, -0.1) is 0 Å². The predicted molar refractivity (Wildman–Crippen MR) is 113 cm³/mol. The number of nitrogens with one attached hydrogen (secondary N) is 3. The molecule has 1 amide bonds. The quantitative estimate of drug-likeness (QED) is 0.300. The standard InChI is InChI=1S/C22H32FN3O7/c1-10-8-13(26-14(27)9-11-4-6-12(23)7-5-11)22(30)21(31-10)32-20-18(29)15(24-2)17(28)16(25-3)19(20)33-22/h4-7,10,13,15-21,24-25,28-30H,8-9H2,1-3H3,(H,26,27)/t10-,13-,15-,16+,17+,18+,19?,20?,21?,22+/m1/s1. The highest BCUT2D eigenvalue weighted by molar-refractivity contribution is 5.79. The van der Waals surface area contributed by atoms with E-state index in [0.717, 1.165) is 0 Å². The molecule has 0 radical (unpaired) electrons. The molecular formula is C22H32FN3O7. The van der Waals surface area contributed by atoms with Gasteiger partial charge in [-0.25, -0.2) is 4.39 Å². The molecule has 11 heteroatoms. The van der Waals surface area contributed by atoms with Crippen LogP contribution in [0.1, 0.15) is 18.9 Å². The summed E-state index contributed by atoms with van der Waals surface area (Å²) >= 11 is 0. The Morgan fingerprint density at radius 3 is 2.39 bits per heavy atom. The first-order valence-corrected chi connectivity index (χ1v) is 11.1. The molecule has 184 valence electrons. The number of carbonyl (C=O) groups is 1. The van der Waals surface area contributed by atoms with Crippen LogP contribution >= 0.6 is 0 Å². The second kappa shape index (κ2) is 9.51. The van der Waals surface area contributed by atoms with E-state index >= 15 is 0 Å².